The molecule has 7 aliphatic rings. The number of carbonyl (C=O) groups excluding carboxylic acids is 2. The quantitative estimate of drug-likeness (QED) is 0.119. The molecule has 1 amide bonds. The van der Waals surface area contributed by atoms with Crippen LogP contribution in [0.2, 0.25) is 5.02 Å². The van der Waals surface area contributed by atoms with Crippen molar-refractivity contribution in [3.05, 3.63) is 136 Å². The number of ether oxygens (including phenoxy) is 1. The number of aliphatic hydroxyl groups is 2. The first kappa shape index (κ1) is 45.9. The van der Waals surface area contributed by atoms with Crippen LogP contribution in [0.5, 0.6) is 5.75 Å². The molecule has 4 atom stereocenters. The number of rotatable bonds is 8. The third-order valence-electron chi connectivity index (χ3n) is 16.6. The molecule has 0 aliphatic heterocycles. The minimum Gasteiger partial charge on any atom is -0.453 e. The monoisotopic (exact) mass is 933 g/mol. The van der Waals surface area contributed by atoms with Gasteiger partial charge >= 0.3 is 12.3 Å². The smallest absolute Gasteiger partial charge is 0.416 e. The largest absolute Gasteiger partial charge is 0.453 e. The van der Waals surface area contributed by atoms with Crippen LogP contribution in [0.1, 0.15) is 130 Å². The fourth-order valence-electron chi connectivity index (χ4n) is 13.6. The Labute approximate surface area is 395 Å². The Morgan fingerprint density at radius 1 is 0.866 bits per heavy atom. The van der Waals surface area contributed by atoms with Crippen LogP contribution < -0.4 is 4.74 Å². The molecule has 6 bridgehead atoms. The van der Waals surface area contributed by atoms with E-state index in [4.69, 9.17) is 20.8 Å². The second-order valence-corrected chi connectivity index (χ2v) is 21.7. The number of benzene rings is 4. The van der Waals surface area contributed by atoms with Gasteiger partial charge in [0.25, 0.3) is 0 Å². The molecule has 352 valence electrons. The summed E-state index contributed by atoms with van der Waals surface area (Å²) in [6.07, 6.45) is 7.02. The summed E-state index contributed by atoms with van der Waals surface area (Å²) in [5, 5.41) is 26.7. The second kappa shape index (κ2) is 17.6. The minimum absolute atomic E-state index is 0.0103. The van der Waals surface area contributed by atoms with Crippen molar-refractivity contribution in [3.63, 3.8) is 0 Å². The van der Waals surface area contributed by atoms with Crippen molar-refractivity contribution in [2.24, 2.45) is 28.6 Å². The number of nitrogens with zero attached hydrogens (tertiary/aromatic N) is 1. The fraction of sp³-hybridized carbons (Fsp3) is 0.464. The number of fused-ring (bicyclic) bond motifs is 9. The lowest BCUT2D eigenvalue weighted by molar-refractivity contribution is -0.137. The summed E-state index contributed by atoms with van der Waals surface area (Å²) in [7, 11) is 0. The Morgan fingerprint density at radius 3 is 2.33 bits per heavy atom. The lowest BCUT2D eigenvalue weighted by atomic mass is 9.49. The molecular formula is C56H59ClF3NO6. The third-order valence-corrected chi connectivity index (χ3v) is 17.0. The van der Waals surface area contributed by atoms with Crippen LogP contribution in [-0.4, -0.2) is 51.8 Å². The van der Waals surface area contributed by atoms with Crippen LogP contribution in [0, 0.1) is 28.6 Å². The van der Waals surface area contributed by atoms with Gasteiger partial charge in [-0.3, -0.25) is 4.79 Å². The minimum atomic E-state index is -4.61. The van der Waals surface area contributed by atoms with Crippen molar-refractivity contribution in [1.82, 2.24) is 4.90 Å². The molecule has 2 N–H and O–H groups in total. The van der Waals surface area contributed by atoms with Crippen LogP contribution in [0.4, 0.5) is 18.0 Å². The number of hydrogen-bond donors (Lipinski definition) is 2. The van der Waals surface area contributed by atoms with Crippen molar-refractivity contribution in [2.75, 3.05) is 13.1 Å². The van der Waals surface area contributed by atoms with Crippen LogP contribution in [0.25, 0.3) is 22.1 Å². The molecule has 5 aromatic rings. The maximum Gasteiger partial charge on any atom is 0.416 e. The molecule has 4 unspecified atom stereocenters. The fourth-order valence-corrected chi connectivity index (χ4v) is 13.8. The van der Waals surface area contributed by atoms with Gasteiger partial charge in [0.2, 0.25) is 5.78 Å². The molecule has 0 spiro atoms. The van der Waals surface area contributed by atoms with E-state index in [1.165, 1.54) is 31.4 Å². The number of aliphatic hydroxyl groups excluding tert-OH is 1. The molecule has 5 saturated carbocycles. The summed E-state index contributed by atoms with van der Waals surface area (Å²) in [5.41, 5.74) is -0.229. The predicted octanol–water partition coefficient (Wildman–Crippen LogP) is 13.8. The first-order chi connectivity index (χ1) is 32.0. The standard InChI is InChI=1S/C56H59ClF3NO6/c1-34-6-5-20-53(2)47(44-15-10-35(25-42(62)13-9-34)26-45(44)51(63)50-18-17-49(67-50)46-28-41(56(58,59)60)12-16-48(46)57)19-21-55(53,65)33-61(32-54-29-36-22-37(30-54)24-38(23-36)31-54)52(64)66-43-14-11-39-7-3-4-8-40(39)27-43/h3-4,6-8,10-12,14-18,26-28,36-38,42,47,62,65H,5,9,13,19-25,29-33H2,1-2H3. The Morgan fingerprint density at radius 2 is 1.60 bits per heavy atom. The van der Waals surface area contributed by atoms with Crippen LogP contribution in [0.3, 0.4) is 0 Å². The van der Waals surface area contributed by atoms with Gasteiger partial charge in [-0.25, -0.2) is 4.79 Å². The number of furan rings is 1. The predicted molar refractivity (Wildman–Crippen MR) is 253 cm³/mol. The van der Waals surface area contributed by atoms with Gasteiger partial charge in [0.1, 0.15) is 11.5 Å². The van der Waals surface area contributed by atoms with Crippen molar-refractivity contribution in [2.45, 2.75) is 121 Å². The van der Waals surface area contributed by atoms with Gasteiger partial charge in [-0.15, -0.1) is 0 Å². The first-order valence-corrected chi connectivity index (χ1v) is 24.5. The topological polar surface area (TPSA) is 100 Å². The van der Waals surface area contributed by atoms with E-state index < -0.39 is 40.7 Å². The van der Waals surface area contributed by atoms with E-state index in [0.717, 1.165) is 59.4 Å². The van der Waals surface area contributed by atoms with E-state index in [-0.39, 0.29) is 40.0 Å². The molecule has 0 saturated heterocycles. The number of alkyl halides is 3. The maximum absolute atomic E-state index is 14.9. The maximum atomic E-state index is 14.9. The van der Waals surface area contributed by atoms with Crippen LogP contribution in [0.15, 0.2) is 107 Å². The molecule has 1 aromatic heterocycles. The van der Waals surface area contributed by atoms with Gasteiger partial charge in [-0.2, -0.15) is 13.2 Å². The Kier molecular flexibility index (Phi) is 12.0. The van der Waals surface area contributed by atoms with Gasteiger partial charge < -0.3 is 24.3 Å². The highest BCUT2D eigenvalue weighted by atomic mass is 35.5. The molecular weight excluding hydrogens is 875 g/mol. The van der Waals surface area contributed by atoms with E-state index in [1.807, 2.05) is 59.5 Å². The zero-order valence-corrected chi connectivity index (χ0v) is 39.0. The first-order valence-electron chi connectivity index (χ1n) is 24.1. The van der Waals surface area contributed by atoms with Gasteiger partial charge in [0.15, 0.2) is 5.76 Å². The Bertz CT molecular complexity index is 2710. The second-order valence-electron chi connectivity index (χ2n) is 21.3. The third kappa shape index (κ3) is 8.99. The number of carbonyl (C=O) groups is 2. The van der Waals surface area contributed by atoms with Crippen molar-refractivity contribution >= 4 is 34.2 Å². The molecule has 12 rings (SSSR count). The lowest BCUT2D eigenvalue weighted by Gasteiger charge is -2.58. The van der Waals surface area contributed by atoms with Crippen molar-refractivity contribution < 1.29 is 42.1 Å². The SMILES string of the molecule is CC1=CCCC2(C)C(CCC2(O)CN(CC23CC4CC(CC(C4)C2)C3)C(=O)Oc2ccc3ccccc3c2)c2ccc(cc2C(=O)c2ccc(-c3cc(C(F)(F)F)ccc3Cl)o2)CC(O)CC1. The molecule has 11 heteroatoms. The van der Waals surface area contributed by atoms with Gasteiger partial charge in [-0.1, -0.05) is 72.6 Å². The molecule has 0 radical (unpaired) electrons. The summed E-state index contributed by atoms with van der Waals surface area (Å²) in [6, 6.07) is 25.2. The summed E-state index contributed by atoms with van der Waals surface area (Å²) in [4.78, 5) is 31.6. The molecule has 7 aliphatic carbocycles. The lowest BCUT2D eigenvalue weighted by Crippen LogP contribution is -2.58. The van der Waals surface area contributed by atoms with E-state index in [2.05, 4.69) is 19.9 Å². The highest BCUT2D eigenvalue weighted by Crippen LogP contribution is 2.62. The van der Waals surface area contributed by atoms with Gasteiger partial charge in [-0.05, 0) is 190 Å². The zero-order valence-electron chi connectivity index (χ0n) is 38.2. The number of hydrogen-bond acceptors (Lipinski definition) is 6. The van der Waals surface area contributed by atoms with Crippen molar-refractivity contribution in [3.8, 4) is 17.1 Å². The number of ketones is 1. The van der Waals surface area contributed by atoms with Crippen LogP contribution in [-0.2, 0) is 12.6 Å². The Balaban J connectivity index is 1.02. The Hall–Kier alpha value is -4.90. The molecule has 5 fully saturated rings. The van der Waals surface area contributed by atoms with E-state index >= 15 is 0 Å². The van der Waals surface area contributed by atoms with Crippen LogP contribution >= 0.6 is 11.6 Å². The number of amides is 1. The van der Waals surface area contributed by atoms with E-state index in [9.17, 15) is 33.0 Å². The van der Waals surface area contributed by atoms with E-state index in [0.29, 0.717) is 86.1 Å². The molecule has 67 heavy (non-hydrogen) atoms. The highest BCUT2D eigenvalue weighted by molar-refractivity contribution is 6.33. The average Bonchev–Trinajstić information content (AvgIpc) is 3.86. The highest BCUT2D eigenvalue weighted by Gasteiger charge is 2.59. The number of halogens is 4. The average molecular weight is 935 g/mol. The van der Waals surface area contributed by atoms with Gasteiger partial charge in [0, 0.05) is 23.1 Å². The summed E-state index contributed by atoms with van der Waals surface area (Å²) in [5.74, 6) is 1.54. The zero-order chi connectivity index (χ0) is 46.9. The molecule has 1 heterocycles. The normalized spacial score (nSPS) is 29.4. The summed E-state index contributed by atoms with van der Waals surface area (Å²) in [6.45, 7) is 4.74. The van der Waals surface area contributed by atoms with E-state index in [1.54, 1.807) is 6.07 Å². The molecule has 7 nitrogen and oxygen atoms in total. The molecule has 4 aromatic carbocycles. The van der Waals surface area contributed by atoms with Crippen molar-refractivity contribution in [1.29, 1.82) is 0 Å². The van der Waals surface area contributed by atoms with Gasteiger partial charge in [0.05, 0.1) is 28.8 Å². The number of allylic oxidation sites excluding steroid dienone is 2. The summed E-state index contributed by atoms with van der Waals surface area (Å²) >= 11 is 6.40. The summed E-state index contributed by atoms with van der Waals surface area (Å²) < 4.78 is 53.6.